The standard InChI is InChI=1S/C13H20N4O3/c1-3-13(4-2,8-14)16-11-6-5-9(17(19)20)7-10(11)12(15)18/h5-7,16H,3-4,8,14H2,1-2H3,(H2,15,18). The molecule has 0 aliphatic heterocycles. The summed E-state index contributed by atoms with van der Waals surface area (Å²) >= 11 is 0. The van der Waals surface area contributed by atoms with Crippen molar-refractivity contribution in [2.75, 3.05) is 11.9 Å². The summed E-state index contributed by atoms with van der Waals surface area (Å²) in [6, 6.07) is 4.01. The van der Waals surface area contributed by atoms with E-state index in [1.54, 1.807) is 0 Å². The van der Waals surface area contributed by atoms with E-state index in [2.05, 4.69) is 5.32 Å². The fourth-order valence-corrected chi connectivity index (χ4v) is 2.01. The summed E-state index contributed by atoms with van der Waals surface area (Å²) in [7, 11) is 0. The predicted octanol–water partition coefficient (Wildman–Crippen LogP) is 1.62. The number of benzene rings is 1. The molecule has 0 aliphatic rings. The molecule has 0 atom stereocenters. The van der Waals surface area contributed by atoms with Gasteiger partial charge in [0.25, 0.3) is 11.6 Å². The summed E-state index contributed by atoms with van der Waals surface area (Å²) in [6.45, 7) is 4.35. The van der Waals surface area contributed by atoms with Gasteiger partial charge < -0.3 is 16.8 Å². The molecule has 0 saturated carbocycles. The maximum atomic E-state index is 11.5. The summed E-state index contributed by atoms with van der Waals surface area (Å²) in [6.07, 6.45) is 1.52. The highest BCUT2D eigenvalue weighted by atomic mass is 16.6. The molecule has 0 saturated heterocycles. The van der Waals surface area contributed by atoms with Crippen LogP contribution in [0.1, 0.15) is 37.0 Å². The first kappa shape index (κ1) is 15.9. The quantitative estimate of drug-likeness (QED) is 0.517. The maximum absolute atomic E-state index is 11.5. The first-order valence-corrected chi connectivity index (χ1v) is 6.45. The van der Waals surface area contributed by atoms with E-state index in [1.807, 2.05) is 13.8 Å². The average Bonchev–Trinajstić information content (AvgIpc) is 2.44. The van der Waals surface area contributed by atoms with Crippen LogP contribution >= 0.6 is 0 Å². The number of nitro groups is 1. The zero-order chi connectivity index (χ0) is 15.3. The molecular weight excluding hydrogens is 260 g/mol. The highest BCUT2D eigenvalue weighted by Crippen LogP contribution is 2.27. The number of rotatable bonds is 7. The lowest BCUT2D eigenvalue weighted by Crippen LogP contribution is -2.44. The second-order valence-electron chi connectivity index (χ2n) is 4.67. The largest absolute Gasteiger partial charge is 0.378 e. The van der Waals surface area contributed by atoms with Crippen molar-refractivity contribution in [2.24, 2.45) is 11.5 Å². The van der Waals surface area contributed by atoms with Crippen LogP contribution in [0.3, 0.4) is 0 Å². The fourth-order valence-electron chi connectivity index (χ4n) is 2.01. The van der Waals surface area contributed by atoms with Gasteiger partial charge in [-0.3, -0.25) is 14.9 Å². The number of nitrogens with two attached hydrogens (primary N) is 2. The van der Waals surface area contributed by atoms with Gasteiger partial charge in [0.05, 0.1) is 10.5 Å². The van der Waals surface area contributed by atoms with Crippen LogP contribution in [0.15, 0.2) is 18.2 Å². The zero-order valence-corrected chi connectivity index (χ0v) is 11.7. The molecular formula is C13H20N4O3. The maximum Gasteiger partial charge on any atom is 0.270 e. The van der Waals surface area contributed by atoms with Crippen molar-refractivity contribution in [3.63, 3.8) is 0 Å². The Morgan fingerprint density at radius 3 is 2.40 bits per heavy atom. The minimum absolute atomic E-state index is 0.0962. The topological polar surface area (TPSA) is 124 Å². The Morgan fingerprint density at radius 2 is 2.00 bits per heavy atom. The Balaban J connectivity index is 3.24. The number of non-ortho nitro benzene ring substituents is 1. The van der Waals surface area contributed by atoms with Crippen molar-refractivity contribution in [1.29, 1.82) is 0 Å². The molecule has 7 heteroatoms. The fraction of sp³-hybridized carbons (Fsp3) is 0.462. The first-order valence-electron chi connectivity index (χ1n) is 6.45. The van der Waals surface area contributed by atoms with Crippen LogP contribution in [0.25, 0.3) is 0 Å². The summed E-state index contributed by atoms with van der Waals surface area (Å²) < 4.78 is 0. The Hall–Kier alpha value is -2.15. The van der Waals surface area contributed by atoms with Crippen LogP contribution in [-0.4, -0.2) is 22.9 Å². The van der Waals surface area contributed by atoms with E-state index < -0.39 is 10.8 Å². The van der Waals surface area contributed by atoms with Crippen molar-refractivity contribution in [3.05, 3.63) is 33.9 Å². The summed E-state index contributed by atoms with van der Waals surface area (Å²) in [4.78, 5) is 21.7. The van der Waals surface area contributed by atoms with E-state index in [4.69, 9.17) is 11.5 Å². The van der Waals surface area contributed by atoms with Gasteiger partial charge in [-0.15, -0.1) is 0 Å². The van der Waals surface area contributed by atoms with Crippen molar-refractivity contribution >= 4 is 17.3 Å². The summed E-state index contributed by atoms with van der Waals surface area (Å²) in [5.74, 6) is -0.714. The van der Waals surface area contributed by atoms with Gasteiger partial charge in [-0.1, -0.05) is 13.8 Å². The lowest BCUT2D eigenvalue weighted by molar-refractivity contribution is -0.384. The molecule has 1 aromatic rings. The molecule has 110 valence electrons. The van der Waals surface area contributed by atoms with Crippen LogP contribution in [-0.2, 0) is 0 Å². The number of nitrogens with zero attached hydrogens (tertiary/aromatic N) is 1. The summed E-state index contributed by atoms with van der Waals surface area (Å²) in [5, 5.41) is 14.0. The molecule has 0 radical (unpaired) electrons. The van der Waals surface area contributed by atoms with Gasteiger partial charge in [-0.05, 0) is 18.9 Å². The normalized spacial score (nSPS) is 11.2. The van der Waals surface area contributed by atoms with Crippen molar-refractivity contribution < 1.29 is 9.72 Å². The van der Waals surface area contributed by atoms with E-state index in [-0.39, 0.29) is 16.8 Å². The molecule has 0 heterocycles. The SMILES string of the molecule is CCC(CC)(CN)Nc1ccc([N+](=O)[O-])cc1C(N)=O. The minimum atomic E-state index is -0.714. The number of primary amides is 1. The molecule has 0 aliphatic carbocycles. The number of hydrogen-bond donors (Lipinski definition) is 3. The van der Waals surface area contributed by atoms with Crippen LogP contribution < -0.4 is 16.8 Å². The highest BCUT2D eigenvalue weighted by molar-refractivity contribution is 5.99. The van der Waals surface area contributed by atoms with Crippen LogP contribution in [0.4, 0.5) is 11.4 Å². The Labute approximate surface area is 117 Å². The van der Waals surface area contributed by atoms with Gasteiger partial charge >= 0.3 is 0 Å². The molecule has 1 aromatic carbocycles. The average molecular weight is 280 g/mol. The lowest BCUT2D eigenvalue weighted by Gasteiger charge is -2.33. The highest BCUT2D eigenvalue weighted by Gasteiger charge is 2.26. The third kappa shape index (κ3) is 3.24. The van der Waals surface area contributed by atoms with Crippen LogP contribution in [0.5, 0.6) is 0 Å². The molecule has 1 rings (SSSR count). The monoisotopic (exact) mass is 280 g/mol. The number of anilines is 1. The van der Waals surface area contributed by atoms with E-state index in [1.165, 1.54) is 18.2 Å². The van der Waals surface area contributed by atoms with Crippen molar-refractivity contribution in [2.45, 2.75) is 32.2 Å². The minimum Gasteiger partial charge on any atom is -0.378 e. The van der Waals surface area contributed by atoms with Gasteiger partial charge in [0, 0.05) is 29.9 Å². The number of carbonyl (C=O) groups excluding carboxylic acids is 1. The van der Waals surface area contributed by atoms with Crippen molar-refractivity contribution in [3.8, 4) is 0 Å². The third-order valence-electron chi connectivity index (χ3n) is 3.62. The molecule has 0 aromatic heterocycles. The molecule has 1 amide bonds. The van der Waals surface area contributed by atoms with E-state index in [9.17, 15) is 14.9 Å². The molecule has 7 nitrogen and oxygen atoms in total. The first-order chi connectivity index (χ1) is 9.39. The van der Waals surface area contributed by atoms with Gasteiger partial charge in [0.15, 0.2) is 0 Å². The molecule has 0 fully saturated rings. The van der Waals surface area contributed by atoms with Crippen molar-refractivity contribution in [1.82, 2.24) is 0 Å². The smallest absolute Gasteiger partial charge is 0.270 e. The zero-order valence-electron chi connectivity index (χ0n) is 11.7. The molecule has 0 spiro atoms. The third-order valence-corrected chi connectivity index (χ3v) is 3.62. The number of hydrogen-bond acceptors (Lipinski definition) is 5. The number of amides is 1. The second kappa shape index (κ2) is 6.33. The number of carbonyl (C=O) groups is 1. The Morgan fingerprint density at radius 1 is 1.40 bits per heavy atom. The van der Waals surface area contributed by atoms with Gasteiger partial charge in [-0.25, -0.2) is 0 Å². The van der Waals surface area contributed by atoms with Gasteiger partial charge in [-0.2, -0.15) is 0 Å². The van der Waals surface area contributed by atoms with Gasteiger partial charge in [0.2, 0.25) is 0 Å². The van der Waals surface area contributed by atoms with Crippen LogP contribution in [0, 0.1) is 10.1 Å². The predicted molar refractivity (Wildman–Crippen MR) is 77.6 cm³/mol. The number of nitro benzene ring substituents is 1. The Kier molecular flexibility index (Phi) is 5.04. The van der Waals surface area contributed by atoms with Crippen LogP contribution in [0.2, 0.25) is 0 Å². The van der Waals surface area contributed by atoms with E-state index in [0.717, 1.165) is 12.8 Å². The number of nitrogens with one attached hydrogen (secondary N) is 1. The lowest BCUT2D eigenvalue weighted by atomic mass is 9.92. The van der Waals surface area contributed by atoms with E-state index in [0.29, 0.717) is 12.2 Å². The van der Waals surface area contributed by atoms with E-state index >= 15 is 0 Å². The molecule has 0 bridgehead atoms. The molecule has 20 heavy (non-hydrogen) atoms. The molecule has 5 N–H and O–H groups in total. The van der Waals surface area contributed by atoms with Gasteiger partial charge in [0.1, 0.15) is 0 Å². The Bertz CT molecular complexity index is 504. The summed E-state index contributed by atoms with van der Waals surface area (Å²) in [5.41, 5.74) is 11.1. The molecule has 0 unspecified atom stereocenters. The second-order valence-corrected chi connectivity index (χ2v) is 4.67.